The SMILES string of the molecule is COCCOc1cccc(NC(=S)NC(=O)/C=C/c2cccs2)c1. The molecule has 2 rings (SSSR count). The Bertz CT molecular complexity index is 700. The molecule has 126 valence electrons. The van der Waals surface area contributed by atoms with Gasteiger partial charge in [0.25, 0.3) is 0 Å². The maximum absolute atomic E-state index is 11.8. The Balaban J connectivity index is 1.83. The average Bonchev–Trinajstić information content (AvgIpc) is 3.07. The molecule has 0 spiro atoms. The van der Waals surface area contributed by atoms with E-state index >= 15 is 0 Å². The monoisotopic (exact) mass is 362 g/mol. The van der Waals surface area contributed by atoms with Gasteiger partial charge in [0.15, 0.2) is 5.11 Å². The Morgan fingerprint density at radius 1 is 1.29 bits per heavy atom. The summed E-state index contributed by atoms with van der Waals surface area (Å²) in [5, 5.41) is 7.73. The highest BCUT2D eigenvalue weighted by Gasteiger charge is 2.03. The zero-order valence-corrected chi connectivity index (χ0v) is 14.8. The van der Waals surface area contributed by atoms with Crippen LogP contribution in [-0.2, 0) is 9.53 Å². The number of benzene rings is 1. The van der Waals surface area contributed by atoms with Gasteiger partial charge in [0.2, 0.25) is 5.91 Å². The van der Waals surface area contributed by atoms with E-state index in [2.05, 4.69) is 10.6 Å². The number of carbonyl (C=O) groups excluding carboxylic acids is 1. The number of carbonyl (C=O) groups is 1. The predicted molar refractivity (Wildman–Crippen MR) is 102 cm³/mol. The number of thiophene rings is 1. The van der Waals surface area contributed by atoms with Crippen LogP contribution in [-0.4, -0.2) is 31.3 Å². The molecular formula is C17H18N2O3S2. The molecule has 0 saturated carbocycles. The molecule has 7 heteroatoms. The second-order valence-corrected chi connectivity index (χ2v) is 6.05. The lowest BCUT2D eigenvalue weighted by atomic mass is 10.3. The molecule has 0 atom stereocenters. The maximum atomic E-state index is 11.8. The molecule has 2 aromatic rings. The molecule has 1 heterocycles. The van der Waals surface area contributed by atoms with Crippen molar-refractivity contribution in [3.05, 3.63) is 52.7 Å². The Kier molecular flexibility index (Phi) is 7.41. The van der Waals surface area contributed by atoms with Crippen LogP contribution in [0.3, 0.4) is 0 Å². The molecule has 0 unspecified atom stereocenters. The molecule has 1 aromatic carbocycles. The first-order valence-corrected chi connectivity index (χ1v) is 8.51. The third-order valence-corrected chi connectivity index (χ3v) is 3.87. The van der Waals surface area contributed by atoms with Gasteiger partial charge >= 0.3 is 0 Å². The predicted octanol–water partition coefficient (Wildman–Crippen LogP) is 3.30. The Labute approximate surface area is 150 Å². The smallest absolute Gasteiger partial charge is 0.250 e. The molecule has 0 aliphatic carbocycles. The standard InChI is InChI=1S/C17H18N2O3S2/c1-21-9-10-22-14-5-2-4-13(12-14)18-17(23)19-16(20)8-7-15-6-3-11-24-15/h2-8,11-12H,9-10H2,1H3,(H2,18,19,20,23)/b8-7+. The molecule has 0 aliphatic rings. The fourth-order valence-corrected chi connectivity index (χ4v) is 2.60. The highest BCUT2D eigenvalue weighted by molar-refractivity contribution is 7.80. The van der Waals surface area contributed by atoms with Crippen molar-refractivity contribution in [3.8, 4) is 5.75 Å². The lowest BCUT2D eigenvalue weighted by molar-refractivity contribution is -0.115. The van der Waals surface area contributed by atoms with Crippen LogP contribution >= 0.6 is 23.6 Å². The van der Waals surface area contributed by atoms with E-state index in [0.29, 0.717) is 19.0 Å². The van der Waals surface area contributed by atoms with Crippen LogP contribution in [0.2, 0.25) is 0 Å². The fraction of sp³-hybridized carbons (Fsp3) is 0.176. The van der Waals surface area contributed by atoms with Crippen LogP contribution in [0.4, 0.5) is 5.69 Å². The summed E-state index contributed by atoms with van der Waals surface area (Å²) >= 11 is 6.70. The van der Waals surface area contributed by atoms with Gasteiger partial charge in [0, 0.05) is 29.8 Å². The van der Waals surface area contributed by atoms with Gasteiger partial charge in [-0.25, -0.2) is 0 Å². The van der Waals surface area contributed by atoms with E-state index in [1.165, 1.54) is 6.08 Å². The van der Waals surface area contributed by atoms with Crippen LogP contribution in [0.1, 0.15) is 4.88 Å². The molecule has 0 radical (unpaired) electrons. The lowest BCUT2D eigenvalue weighted by Crippen LogP contribution is -2.32. The molecule has 2 N–H and O–H groups in total. The minimum Gasteiger partial charge on any atom is -0.491 e. The molecule has 5 nitrogen and oxygen atoms in total. The first-order valence-electron chi connectivity index (χ1n) is 7.23. The number of anilines is 1. The highest BCUT2D eigenvalue weighted by atomic mass is 32.1. The quantitative estimate of drug-likeness (QED) is 0.450. The van der Waals surface area contributed by atoms with Gasteiger partial charge in [-0.15, -0.1) is 11.3 Å². The zero-order valence-electron chi connectivity index (χ0n) is 13.2. The molecule has 24 heavy (non-hydrogen) atoms. The van der Waals surface area contributed by atoms with E-state index in [1.807, 2.05) is 35.7 Å². The van der Waals surface area contributed by atoms with Gasteiger partial charge in [0.05, 0.1) is 6.61 Å². The number of thiocarbonyl (C=S) groups is 1. The zero-order chi connectivity index (χ0) is 17.2. The van der Waals surface area contributed by atoms with E-state index in [9.17, 15) is 4.79 Å². The number of amides is 1. The van der Waals surface area contributed by atoms with Crippen molar-refractivity contribution < 1.29 is 14.3 Å². The number of methoxy groups -OCH3 is 1. The van der Waals surface area contributed by atoms with Crippen molar-refractivity contribution in [2.75, 3.05) is 25.6 Å². The van der Waals surface area contributed by atoms with Crippen molar-refractivity contribution in [3.63, 3.8) is 0 Å². The van der Waals surface area contributed by atoms with Gasteiger partial charge in [-0.1, -0.05) is 12.1 Å². The van der Waals surface area contributed by atoms with Crippen molar-refractivity contribution >= 4 is 46.3 Å². The van der Waals surface area contributed by atoms with Crippen LogP contribution in [0.5, 0.6) is 5.75 Å². The van der Waals surface area contributed by atoms with Crippen LogP contribution < -0.4 is 15.4 Å². The Morgan fingerprint density at radius 3 is 2.92 bits per heavy atom. The van der Waals surface area contributed by atoms with Gasteiger partial charge in [-0.2, -0.15) is 0 Å². The van der Waals surface area contributed by atoms with Crippen molar-refractivity contribution in [2.24, 2.45) is 0 Å². The topological polar surface area (TPSA) is 59.6 Å². The summed E-state index contributed by atoms with van der Waals surface area (Å²) in [6.07, 6.45) is 3.19. The molecule has 1 aromatic heterocycles. The van der Waals surface area contributed by atoms with Gasteiger partial charge in [-0.3, -0.25) is 10.1 Å². The molecule has 0 bridgehead atoms. The number of ether oxygens (including phenoxy) is 2. The maximum Gasteiger partial charge on any atom is 0.250 e. The summed E-state index contributed by atoms with van der Waals surface area (Å²) in [6, 6.07) is 11.2. The summed E-state index contributed by atoms with van der Waals surface area (Å²) in [7, 11) is 1.62. The largest absolute Gasteiger partial charge is 0.491 e. The van der Waals surface area contributed by atoms with Gasteiger partial charge < -0.3 is 14.8 Å². The highest BCUT2D eigenvalue weighted by Crippen LogP contribution is 2.17. The van der Waals surface area contributed by atoms with Crippen molar-refractivity contribution in [1.82, 2.24) is 5.32 Å². The molecule has 0 aliphatic heterocycles. The molecule has 1 amide bonds. The van der Waals surface area contributed by atoms with Crippen molar-refractivity contribution in [2.45, 2.75) is 0 Å². The fourth-order valence-electron chi connectivity index (χ4n) is 1.77. The lowest BCUT2D eigenvalue weighted by Gasteiger charge is -2.10. The normalized spacial score (nSPS) is 10.5. The summed E-state index contributed by atoms with van der Waals surface area (Å²) in [6.45, 7) is 0.983. The first kappa shape index (κ1) is 18.1. The van der Waals surface area contributed by atoms with E-state index in [4.69, 9.17) is 21.7 Å². The summed E-state index contributed by atoms with van der Waals surface area (Å²) in [5.41, 5.74) is 0.734. The van der Waals surface area contributed by atoms with E-state index < -0.39 is 0 Å². The summed E-state index contributed by atoms with van der Waals surface area (Å²) in [4.78, 5) is 12.8. The number of rotatable bonds is 7. The van der Waals surface area contributed by atoms with E-state index in [1.54, 1.807) is 30.6 Å². The minimum absolute atomic E-state index is 0.227. The first-order chi connectivity index (χ1) is 11.7. The number of hydrogen-bond donors (Lipinski definition) is 2. The van der Waals surface area contributed by atoms with E-state index in [0.717, 1.165) is 10.6 Å². The Hall–Kier alpha value is -2.22. The van der Waals surface area contributed by atoms with Gasteiger partial charge in [0.1, 0.15) is 12.4 Å². The number of nitrogens with one attached hydrogen (secondary N) is 2. The van der Waals surface area contributed by atoms with Crippen molar-refractivity contribution in [1.29, 1.82) is 0 Å². The third kappa shape index (κ3) is 6.49. The second kappa shape index (κ2) is 9.82. The van der Waals surface area contributed by atoms with Crippen LogP contribution in [0.15, 0.2) is 47.9 Å². The molecule has 0 fully saturated rings. The third-order valence-electron chi connectivity index (χ3n) is 2.83. The molecular weight excluding hydrogens is 344 g/mol. The summed E-state index contributed by atoms with van der Waals surface area (Å²) in [5.74, 6) is 0.414. The Morgan fingerprint density at radius 2 is 2.17 bits per heavy atom. The second-order valence-electron chi connectivity index (χ2n) is 4.66. The van der Waals surface area contributed by atoms with Crippen LogP contribution in [0.25, 0.3) is 6.08 Å². The molecule has 0 saturated heterocycles. The number of hydrogen-bond acceptors (Lipinski definition) is 5. The summed E-state index contributed by atoms with van der Waals surface area (Å²) < 4.78 is 10.5. The minimum atomic E-state index is -0.284. The van der Waals surface area contributed by atoms with Crippen LogP contribution in [0, 0.1) is 0 Å². The van der Waals surface area contributed by atoms with Gasteiger partial charge in [-0.05, 0) is 41.9 Å². The average molecular weight is 362 g/mol. The van der Waals surface area contributed by atoms with E-state index in [-0.39, 0.29) is 11.0 Å².